The van der Waals surface area contributed by atoms with Gasteiger partial charge >= 0.3 is 5.97 Å². The highest BCUT2D eigenvalue weighted by Gasteiger charge is 2.44. The van der Waals surface area contributed by atoms with E-state index in [1.807, 2.05) is 0 Å². The Labute approximate surface area is 144 Å². The third-order valence-corrected chi connectivity index (χ3v) is 5.76. The number of amides is 1. The van der Waals surface area contributed by atoms with Crippen LogP contribution in [0, 0.1) is 0 Å². The minimum absolute atomic E-state index is 0.0678. The maximum absolute atomic E-state index is 12.7. The van der Waals surface area contributed by atoms with E-state index in [2.05, 4.69) is 0 Å². The summed E-state index contributed by atoms with van der Waals surface area (Å²) in [6, 6.07) is 4.18. The van der Waals surface area contributed by atoms with Crippen molar-refractivity contribution in [1.82, 2.24) is 4.31 Å². The number of aliphatic hydroxyl groups is 1. The molecule has 10 heteroatoms. The van der Waals surface area contributed by atoms with Crippen LogP contribution in [0.25, 0.3) is 0 Å². The molecule has 1 saturated heterocycles. The van der Waals surface area contributed by atoms with Gasteiger partial charge in [0.05, 0.1) is 11.0 Å². The van der Waals surface area contributed by atoms with Crippen LogP contribution in [-0.2, 0) is 24.3 Å². The van der Waals surface area contributed by atoms with Gasteiger partial charge in [-0.15, -0.1) is 0 Å². The van der Waals surface area contributed by atoms with E-state index in [9.17, 15) is 23.1 Å². The number of rotatable bonds is 5. The summed E-state index contributed by atoms with van der Waals surface area (Å²) in [5.74, 6) is -1.79. The molecule has 0 spiro atoms. The number of carbonyl (C=O) groups excluding carboxylic acids is 2. The first kappa shape index (κ1) is 18.7. The van der Waals surface area contributed by atoms with Crippen molar-refractivity contribution in [3.63, 3.8) is 0 Å². The van der Waals surface area contributed by atoms with E-state index >= 15 is 0 Å². The van der Waals surface area contributed by atoms with Crippen LogP contribution in [0.2, 0.25) is 5.02 Å². The first-order chi connectivity index (χ1) is 11.1. The number of carbonyl (C=O) groups is 2. The van der Waals surface area contributed by atoms with Crippen LogP contribution >= 0.6 is 11.6 Å². The Hall–Kier alpha value is -1.68. The van der Waals surface area contributed by atoms with Crippen LogP contribution in [0.5, 0.6) is 0 Å². The molecule has 0 unspecified atom stereocenters. The molecule has 0 bridgehead atoms. The number of nitrogens with two attached hydrogens (primary N) is 1. The van der Waals surface area contributed by atoms with Crippen LogP contribution < -0.4 is 5.73 Å². The van der Waals surface area contributed by atoms with Gasteiger partial charge in [-0.25, -0.2) is 8.42 Å². The van der Waals surface area contributed by atoms with E-state index in [1.165, 1.54) is 31.2 Å². The van der Waals surface area contributed by atoms with Gasteiger partial charge in [-0.3, -0.25) is 9.59 Å². The second kappa shape index (κ2) is 7.06. The van der Waals surface area contributed by atoms with Crippen LogP contribution in [0.4, 0.5) is 0 Å². The molecule has 1 aromatic carbocycles. The Morgan fingerprint density at radius 2 is 1.96 bits per heavy atom. The van der Waals surface area contributed by atoms with Crippen molar-refractivity contribution in [1.29, 1.82) is 0 Å². The number of hydrogen-bond donors (Lipinski definition) is 2. The molecule has 0 aromatic heterocycles. The SMILES string of the molecule is C[C@@H](OC(=O)[C@@H]1C[C@H](O)CN1S(=O)(=O)c1ccc(Cl)cc1)C(N)=O. The third-order valence-electron chi connectivity index (χ3n) is 3.62. The van der Waals surface area contributed by atoms with Crippen molar-refractivity contribution in [2.45, 2.75) is 36.5 Å². The van der Waals surface area contributed by atoms with E-state index in [4.69, 9.17) is 22.1 Å². The van der Waals surface area contributed by atoms with Gasteiger partial charge in [-0.2, -0.15) is 4.31 Å². The molecule has 2 rings (SSSR count). The van der Waals surface area contributed by atoms with Gasteiger partial charge in [0.15, 0.2) is 6.10 Å². The van der Waals surface area contributed by atoms with Crippen molar-refractivity contribution < 1.29 is 27.9 Å². The zero-order chi connectivity index (χ0) is 18.1. The van der Waals surface area contributed by atoms with Gasteiger partial charge in [0, 0.05) is 18.0 Å². The summed E-state index contributed by atoms with van der Waals surface area (Å²) < 4.78 is 31.1. The molecule has 0 saturated carbocycles. The van der Waals surface area contributed by atoms with Crippen molar-refractivity contribution in [3.05, 3.63) is 29.3 Å². The predicted molar refractivity (Wildman–Crippen MR) is 84.5 cm³/mol. The number of hydrogen-bond acceptors (Lipinski definition) is 6. The third kappa shape index (κ3) is 3.86. The number of sulfonamides is 1. The van der Waals surface area contributed by atoms with E-state index in [-0.39, 0.29) is 17.9 Å². The van der Waals surface area contributed by atoms with Gasteiger partial charge in [0.2, 0.25) is 10.0 Å². The van der Waals surface area contributed by atoms with E-state index < -0.39 is 40.1 Å². The number of benzene rings is 1. The number of halogens is 1. The van der Waals surface area contributed by atoms with E-state index in [1.54, 1.807) is 0 Å². The molecule has 1 aliphatic rings. The second-order valence-electron chi connectivity index (χ2n) is 5.42. The largest absolute Gasteiger partial charge is 0.451 e. The van der Waals surface area contributed by atoms with Crippen LogP contribution in [-0.4, -0.2) is 54.5 Å². The van der Waals surface area contributed by atoms with Crippen LogP contribution in [0.3, 0.4) is 0 Å². The van der Waals surface area contributed by atoms with Crippen molar-refractivity contribution in [2.75, 3.05) is 6.54 Å². The lowest BCUT2D eigenvalue weighted by molar-refractivity contribution is -0.157. The molecule has 3 atom stereocenters. The molecule has 1 amide bonds. The molecular weight excluding hydrogens is 360 g/mol. The Morgan fingerprint density at radius 1 is 1.38 bits per heavy atom. The number of nitrogens with zero attached hydrogens (tertiary/aromatic N) is 1. The summed E-state index contributed by atoms with van der Waals surface area (Å²) >= 11 is 5.74. The average molecular weight is 377 g/mol. The predicted octanol–water partition coefficient (Wildman–Crippen LogP) is -0.119. The fraction of sp³-hybridized carbons (Fsp3) is 0.429. The average Bonchev–Trinajstić information content (AvgIpc) is 2.90. The van der Waals surface area contributed by atoms with Crippen molar-refractivity contribution in [3.8, 4) is 0 Å². The fourth-order valence-corrected chi connectivity index (χ4v) is 4.07. The number of esters is 1. The van der Waals surface area contributed by atoms with Crippen molar-refractivity contribution >= 4 is 33.5 Å². The van der Waals surface area contributed by atoms with Gasteiger partial charge < -0.3 is 15.6 Å². The monoisotopic (exact) mass is 376 g/mol. The highest BCUT2D eigenvalue weighted by atomic mass is 35.5. The molecule has 0 radical (unpaired) electrons. The summed E-state index contributed by atoms with van der Waals surface area (Å²) in [6.07, 6.45) is -2.35. The van der Waals surface area contributed by atoms with Gasteiger partial charge in [0.1, 0.15) is 6.04 Å². The molecular formula is C14H17ClN2O6S. The summed E-state index contributed by atoms with van der Waals surface area (Å²) in [7, 11) is -4.04. The summed E-state index contributed by atoms with van der Waals surface area (Å²) in [5.41, 5.74) is 5.03. The molecule has 1 fully saturated rings. The normalized spacial score (nSPS) is 23.0. The number of aliphatic hydroxyl groups excluding tert-OH is 1. The topological polar surface area (TPSA) is 127 Å². The summed E-state index contributed by atoms with van der Waals surface area (Å²) in [5, 5.41) is 10.2. The Balaban J connectivity index is 2.27. The lowest BCUT2D eigenvalue weighted by Crippen LogP contribution is -2.43. The van der Waals surface area contributed by atoms with Gasteiger partial charge in [-0.05, 0) is 31.2 Å². The lowest BCUT2D eigenvalue weighted by atomic mass is 10.2. The zero-order valence-corrected chi connectivity index (χ0v) is 14.3. The maximum atomic E-state index is 12.7. The maximum Gasteiger partial charge on any atom is 0.325 e. The summed E-state index contributed by atoms with van der Waals surface area (Å²) in [6.45, 7) is 1.03. The van der Waals surface area contributed by atoms with Crippen LogP contribution in [0.1, 0.15) is 13.3 Å². The second-order valence-corrected chi connectivity index (χ2v) is 7.74. The molecule has 0 aliphatic carbocycles. The molecule has 24 heavy (non-hydrogen) atoms. The Bertz CT molecular complexity index is 736. The molecule has 1 heterocycles. The highest BCUT2D eigenvalue weighted by molar-refractivity contribution is 7.89. The van der Waals surface area contributed by atoms with E-state index in [0.717, 1.165) is 4.31 Å². The standard InChI is InChI=1S/C14H17ClN2O6S/c1-8(13(16)19)23-14(20)12-6-10(18)7-17(12)24(21,22)11-4-2-9(15)3-5-11/h2-5,8,10,12,18H,6-7H2,1H3,(H2,16,19)/t8-,10+,12+/m1/s1. The Kier molecular flexibility index (Phi) is 5.49. The molecule has 132 valence electrons. The lowest BCUT2D eigenvalue weighted by Gasteiger charge is -2.23. The zero-order valence-electron chi connectivity index (χ0n) is 12.8. The number of ether oxygens (including phenoxy) is 1. The molecule has 8 nitrogen and oxygen atoms in total. The summed E-state index contributed by atoms with van der Waals surface area (Å²) in [4.78, 5) is 23.1. The van der Waals surface area contributed by atoms with E-state index in [0.29, 0.717) is 5.02 Å². The fourth-order valence-electron chi connectivity index (χ4n) is 2.32. The molecule has 1 aromatic rings. The minimum atomic E-state index is -4.04. The van der Waals surface area contributed by atoms with Gasteiger partial charge in [-0.1, -0.05) is 11.6 Å². The van der Waals surface area contributed by atoms with Crippen LogP contribution in [0.15, 0.2) is 29.2 Å². The minimum Gasteiger partial charge on any atom is -0.451 e. The number of primary amides is 1. The smallest absolute Gasteiger partial charge is 0.325 e. The quantitative estimate of drug-likeness (QED) is 0.690. The number of β-amino-alcohol motifs (C(OH)–C–C–N with tert-alkyl or cyclic N) is 1. The first-order valence-corrected chi connectivity index (χ1v) is 8.90. The Morgan fingerprint density at radius 3 is 2.50 bits per heavy atom. The van der Waals surface area contributed by atoms with Crippen molar-refractivity contribution in [2.24, 2.45) is 5.73 Å². The highest BCUT2D eigenvalue weighted by Crippen LogP contribution is 2.28. The van der Waals surface area contributed by atoms with Gasteiger partial charge in [0.25, 0.3) is 5.91 Å². The first-order valence-electron chi connectivity index (χ1n) is 7.08. The molecule has 1 aliphatic heterocycles. The molecule has 3 N–H and O–H groups in total.